The predicted molar refractivity (Wildman–Crippen MR) is 80.0 cm³/mol. The number of benzene rings is 1. The number of aliphatic carboxylic acids is 1. The van der Waals surface area contributed by atoms with Crippen molar-refractivity contribution in [1.29, 1.82) is 0 Å². The summed E-state index contributed by atoms with van der Waals surface area (Å²) < 4.78 is 0. The molecule has 5 heteroatoms. The van der Waals surface area contributed by atoms with Crippen molar-refractivity contribution in [2.45, 2.75) is 44.7 Å². The second-order valence-electron chi connectivity index (χ2n) is 5.42. The maximum atomic E-state index is 12.4. The van der Waals surface area contributed by atoms with Gasteiger partial charge < -0.3 is 15.7 Å². The van der Waals surface area contributed by atoms with Crippen LogP contribution in [0.2, 0.25) is 0 Å². The van der Waals surface area contributed by atoms with Crippen LogP contribution in [-0.4, -0.2) is 29.6 Å². The van der Waals surface area contributed by atoms with E-state index in [1.165, 1.54) is 0 Å². The summed E-state index contributed by atoms with van der Waals surface area (Å²) in [6.07, 6.45) is 2.17. The van der Waals surface area contributed by atoms with Gasteiger partial charge in [0.2, 0.25) is 5.91 Å². The van der Waals surface area contributed by atoms with Gasteiger partial charge in [-0.3, -0.25) is 4.79 Å². The van der Waals surface area contributed by atoms with Crippen LogP contribution in [0.4, 0.5) is 0 Å². The fourth-order valence-corrected chi connectivity index (χ4v) is 2.67. The van der Waals surface area contributed by atoms with Gasteiger partial charge in [-0.2, -0.15) is 0 Å². The van der Waals surface area contributed by atoms with Crippen LogP contribution in [0.15, 0.2) is 24.3 Å². The fraction of sp³-hybridized carbons (Fsp3) is 0.500. The number of fused-ring (bicyclic) bond motifs is 1. The van der Waals surface area contributed by atoms with Crippen LogP contribution in [0.3, 0.4) is 0 Å². The predicted octanol–water partition coefficient (Wildman–Crippen LogP) is 1.63. The van der Waals surface area contributed by atoms with E-state index in [1.54, 1.807) is 0 Å². The van der Waals surface area contributed by atoms with Gasteiger partial charge in [-0.25, -0.2) is 4.79 Å². The molecular formula is C16H22N2O3. The molecule has 5 nitrogen and oxygen atoms in total. The Morgan fingerprint density at radius 2 is 2.19 bits per heavy atom. The Morgan fingerprint density at radius 1 is 1.43 bits per heavy atom. The van der Waals surface area contributed by atoms with Gasteiger partial charge >= 0.3 is 5.97 Å². The molecule has 114 valence electrons. The van der Waals surface area contributed by atoms with Gasteiger partial charge in [-0.05, 0) is 17.5 Å². The molecule has 21 heavy (non-hydrogen) atoms. The number of amides is 1. The number of carboxylic acid groups (broad SMARTS) is 1. The zero-order valence-electron chi connectivity index (χ0n) is 12.3. The van der Waals surface area contributed by atoms with Crippen LogP contribution in [-0.2, 0) is 16.1 Å². The first-order valence-electron chi connectivity index (χ1n) is 7.45. The molecule has 3 N–H and O–H groups in total. The van der Waals surface area contributed by atoms with E-state index in [-0.39, 0.29) is 11.8 Å². The first-order valence-corrected chi connectivity index (χ1v) is 7.45. The van der Waals surface area contributed by atoms with Crippen molar-refractivity contribution in [3.05, 3.63) is 35.4 Å². The molecule has 2 unspecified atom stereocenters. The molecule has 0 spiro atoms. The zero-order chi connectivity index (χ0) is 15.2. The third-order valence-electron chi connectivity index (χ3n) is 3.87. The summed E-state index contributed by atoms with van der Waals surface area (Å²) >= 11 is 0. The molecule has 1 aromatic rings. The molecule has 1 amide bonds. The van der Waals surface area contributed by atoms with Crippen molar-refractivity contribution in [2.24, 2.45) is 0 Å². The summed E-state index contributed by atoms with van der Waals surface area (Å²) in [5.74, 6) is -1.49. The van der Waals surface area contributed by atoms with Gasteiger partial charge in [-0.15, -0.1) is 0 Å². The van der Waals surface area contributed by atoms with Gasteiger partial charge in [0, 0.05) is 13.1 Å². The SMILES string of the molecule is CCCCC(NC(=O)C1CNCc2ccccc21)C(=O)O. The van der Waals surface area contributed by atoms with Crippen molar-refractivity contribution in [1.82, 2.24) is 10.6 Å². The van der Waals surface area contributed by atoms with Crippen LogP contribution in [0.5, 0.6) is 0 Å². The molecule has 0 radical (unpaired) electrons. The average molecular weight is 290 g/mol. The van der Waals surface area contributed by atoms with Gasteiger partial charge in [0.15, 0.2) is 0 Å². The highest BCUT2D eigenvalue weighted by atomic mass is 16.4. The Hall–Kier alpha value is -1.88. The maximum absolute atomic E-state index is 12.4. The summed E-state index contributed by atoms with van der Waals surface area (Å²) in [5.41, 5.74) is 2.10. The number of hydrogen-bond acceptors (Lipinski definition) is 3. The third-order valence-corrected chi connectivity index (χ3v) is 3.87. The Kier molecular flexibility index (Phi) is 5.33. The molecule has 1 heterocycles. The van der Waals surface area contributed by atoms with E-state index in [1.807, 2.05) is 31.2 Å². The summed E-state index contributed by atoms with van der Waals surface area (Å²) in [7, 11) is 0. The molecule has 2 atom stereocenters. The molecule has 1 aliphatic rings. The van der Waals surface area contributed by atoms with Crippen molar-refractivity contribution >= 4 is 11.9 Å². The molecule has 0 fully saturated rings. The highest BCUT2D eigenvalue weighted by molar-refractivity contribution is 5.88. The highest BCUT2D eigenvalue weighted by Crippen LogP contribution is 2.24. The number of carbonyl (C=O) groups is 2. The third kappa shape index (κ3) is 3.82. The van der Waals surface area contributed by atoms with E-state index in [0.717, 1.165) is 30.5 Å². The normalized spacial score (nSPS) is 18.6. The summed E-state index contributed by atoms with van der Waals surface area (Å²) in [6, 6.07) is 7.00. The molecule has 0 saturated carbocycles. The number of carboxylic acids is 1. The quantitative estimate of drug-likeness (QED) is 0.744. The Morgan fingerprint density at radius 3 is 2.90 bits per heavy atom. The minimum Gasteiger partial charge on any atom is -0.480 e. The summed E-state index contributed by atoms with van der Waals surface area (Å²) in [4.78, 5) is 23.7. The molecule has 1 aromatic carbocycles. The van der Waals surface area contributed by atoms with Gasteiger partial charge in [0.1, 0.15) is 6.04 Å². The Bertz CT molecular complexity index is 516. The number of carbonyl (C=O) groups excluding carboxylic acids is 1. The van der Waals surface area contributed by atoms with Crippen LogP contribution in [0.25, 0.3) is 0 Å². The minimum absolute atomic E-state index is 0.210. The maximum Gasteiger partial charge on any atom is 0.326 e. The van der Waals surface area contributed by atoms with Crippen molar-refractivity contribution < 1.29 is 14.7 Å². The Labute approximate surface area is 124 Å². The average Bonchev–Trinajstić information content (AvgIpc) is 2.50. The van der Waals surface area contributed by atoms with E-state index in [0.29, 0.717) is 13.0 Å². The van der Waals surface area contributed by atoms with E-state index in [4.69, 9.17) is 0 Å². The summed E-state index contributed by atoms with van der Waals surface area (Å²) in [5, 5.41) is 15.1. The lowest BCUT2D eigenvalue weighted by molar-refractivity contribution is -0.142. The van der Waals surface area contributed by atoms with E-state index in [2.05, 4.69) is 10.6 Å². The standard InChI is InChI=1S/C16H22N2O3/c1-2-3-8-14(16(20)21)18-15(19)13-10-17-9-11-6-4-5-7-12(11)13/h4-7,13-14,17H,2-3,8-10H2,1H3,(H,18,19)(H,20,21). The van der Waals surface area contributed by atoms with E-state index >= 15 is 0 Å². The van der Waals surface area contributed by atoms with E-state index in [9.17, 15) is 14.7 Å². The van der Waals surface area contributed by atoms with Crippen molar-refractivity contribution in [3.8, 4) is 0 Å². The minimum atomic E-state index is -0.964. The highest BCUT2D eigenvalue weighted by Gasteiger charge is 2.29. The lowest BCUT2D eigenvalue weighted by Gasteiger charge is -2.26. The first kappa shape index (κ1) is 15.5. The summed E-state index contributed by atoms with van der Waals surface area (Å²) in [6.45, 7) is 3.29. The second kappa shape index (κ2) is 7.22. The largest absolute Gasteiger partial charge is 0.480 e. The molecule has 1 aliphatic heterocycles. The first-order chi connectivity index (χ1) is 10.1. The van der Waals surface area contributed by atoms with Crippen LogP contribution >= 0.6 is 0 Å². The van der Waals surface area contributed by atoms with Crippen LogP contribution in [0.1, 0.15) is 43.2 Å². The molecule has 0 bridgehead atoms. The number of unbranched alkanes of at least 4 members (excludes halogenated alkanes) is 1. The molecule has 0 saturated heterocycles. The molecule has 0 aliphatic carbocycles. The zero-order valence-corrected chi connectivity index (χ0v) is 12.3. The lowest BCUT2D eigenvalue weighted by atomic mass is 9.90. The lowest BCUT2D eigenvalue weighted by Crippen LogP contribution is -2.46. The van der Waals surface area contributed by atoms with Crippen LogP contribution < -0.4 is 10.6 Å². The number of hydrogen-bond donors (Lipinski definition) is 3. The van der Waals surface area contributed by atoms with Crippen molar-refractivity contribution in [3.63, 3.8) is 0 Å². The van der Waals surface area contributed by atoms with Gasteiger partial charge in [0.05, 0.1) is 5.92 Å². The van der Waals surface area contributed by atoms with E-state index < -0.39 is 12.0 Å². The smallest absolute Gasteiger partial charge is 0.326 e. The fourth-order valence-electron chi connectivity index (χ4n) is 2.67. The van der Waals surface area contributed by atoms with Gasteiger partial charge in [-0.1, -0.05) is 44.0 Å². The topological polar surface area (TPSA) is 78.4 Å². The number of rotatable bonds is 6. The Balaban J connectivity index is 2.08. The monoisotopic (exact) mass is 290 g/mol. The van der Waals surface area contributed by atoms with Crippen LogP contribution in [0, 0.1) is 0 Å². The molecule has 0 aromatic heterocycles. The van der Waals surface area contributed by atoms with Gasteiger partial charge in [0.25, 0.3) is 0 Å². The number of nitrogens with one attached hydrogen (secondary N) is 2. The molecular weight excluding hydrogens is 268 g/mol. The van der Waals surface area contributed by atoms with Crippen molar-refractivity contribution in [2.75, 3.05) is 6.54 Å². The second-order valence-corrected chi connectivity index (χ2v) is 5.42. The molecule has 2 rings (SSSR count).